The number of non-ortho nitro benzene ring substituents is 1. The van der Waals surface area contributed by atoms with Gasteiger partial charge in [0.2, 0.25) is 11.8 Å². The van der Waals surface area contributed by atoms with E-state index in [2.05, 4.69) is 16.3 Å². The van der Waals surface area contributed by atoms with Crippen LogP contribution in [0.25, 0.3) is 11.3 Å². The Balaban J connectivity index is 1.98. The second-order valence-electron chi connectivity index (χ2n) is 6.19. The molecule has 29 heavy (non-hydrogen) atoms. The number of nitrogens with one attached hydrogen (secondary N) is 1. The summed E-state index contributed by atoms with van der Waals surface area (Å²) in [6, 6.07) is 13.1. The summed E-state index contributed by atoms with van der Waals surface area (Å²) in [5, 5.41) is 28.5. The Hall–Kier alpha value is -3.54. The summed E-state index contributed by atoms with van der Waals surface area (Å²) >= 11 is 12.6. The molecular weight excluding hydrogens is 417 g/mol. The summed E-state index contributed by atoms with van der Waals surface area (Å²) < 4.78 is 5.52. The molecule has 0 amide bonds. The smallest absolute Gasteiger partial charge is 0.270 e. The minimum Gasteiger partial charge on any atom is -0.420 e. The van der Waals surface area contributed by atoms with Crippen molar-refractivity contribution in [1.82, 2.24) is 10.2 Å². The zero-order valence-corrected chi connectivity index (χ0v) is 16.0. The molecule has 0 fully saturated rings. The van der Waals surface area contributed by atoms with Gasteiger partial charge in [0.1, 0.15) is 11.6 Å². The highest BCUT2D eigenvalue weighted by Gasteiger charge is 2.37. The van der Waals surface area contributed by atoms with Crippen molar-refractivity contribution < 1.29 is 9.66 Å². The summed E-state index contributed by atoms with van der Waals surface area (Å²) in [4.78, 5) is 10.7. The van der Waals surface area contributed by atoms with Crippen molar-refractivity contribution in [2.45, 2.75) is 5.92 Å². The van der Waals surface area contributed by atoms with E-state index in [-0.39, 0.29) is 28.0 Å². The number of nitriles is 1. The van der Waals surface area contributed by atoms with Gasteiger partial charge < -0.3 is 10.5 Å². The van der Waals surface area contributed by atoms with E-state index in [1.54, 1.807) is 30.3 Å². The number of hydrogen-bond acceptors (Lipinski definition) is 6. The largest absolute Gasteiger partial charge is 0.420 e. The molecule has 0 saturated heterocycles. The van der Waals surface area contributed by atoms with E-state index in [0.29, 0.717) is 27.4 Å². The molecule has 1 aliphatic rings. The highest BCUT2D eigenvalue weighted by Crippen LogP contribution is 2.48. The number of fused-ring (bicyclic) bond motifs is 1. The third-order valence-electron chi connectivity index (χ3n) is 4.58. The normalized spacial score (nSPS) is 15.4. The maximum atomic E-state index is 11.2. The Labute approximate surface area is 174 Å². The van der Waals surface area contributed by atoms with Gasteiger partial charge in [-0.1, -0.05) is 47.5 Å². The van der Waals surface area contributed by atoms with Crippen molar-refractivity contribution in [3.8, 4) is 23.2 Å². The first-order valence-corrected chi connectivity index (χ1v) is 9.02. The maximum absolute atomic E-state index is 11.2. The molecular formula is C19H11Cl2N5O3. The number of nitrogens with zero attached hydrogens (tertiary/aromatic N) is 3. The number of nitrogens with two attached hydrogens (primary N) is 1. The summed E-state index contributed by atoms with van der Waals surface area (Å²) in [6.07, 6.45) is 0. The van der Waals surface area contributed by atoms with Gasteiger partial charge in [-0.2, -0.15) is 5.26 Å². The van der Waals surface area contributed by atoms with Gasteiger partial charge in [0.25, 0.3) is 5.69 Å². The molecule has 1 aliphatic heterocycles. The van der Waals surface area contributed by atoms with E-state index < -0.39 is 10.8 Å². The van der Waals surface area contributed by atoms with Gasteiger partial charge in [0.05, 0.1) is 32.1 Å². The van der Waals surface area contributed by atoms with Crippen LogP contribution in [0.4, 0.5) is 5.69 Å². The van der Waals surface area contributed by atoms with Gasteiger partial charge in [-0.25, -0.2) is 0 Å². The average Bonchev–Trinajstić information content (AvgIpc) is 3.12. The van der Waals surface area contributed by atoms with Crippen LogP contribution in [0.15, 0.2) is 53.9 Å². The SMILES string of the molecule is N#CC1=C(N)Oc2n[nH]c(-c3cccc([N+](=O)[O-])c3)c2C1c1cccc(Cl)c1Cl. The molecule has 0 saturated carbocycles. The molecule has 0 bridgehead atoms. The number of halogens is 2. The van der Waals surface area contributed by atoms with Crippen LogP contribution in [-0.4, -0.2) is 15.1 Å². The molecule has 0 aliphatic carbocycles. The van der Waals surface area contributed by atoms with Crippen LogP contribution in [0.2, 0.25) is 10.0 Å². The first-order chi connectivity index (χ1) is 13.9. The second kappa shape index (κ2) is 7.13. The lowest BCUT2D eigenvalue weighted by Gasteiger charge is -2.25. The van der Waals surface area contributed by atoms with Gasteiger partial charge in [-0.15, -0.1) is 5.10 Å². The minimum absolute atomic E-state index is 0.0875. The van der Waals surface area contributed by atoms with Crippen LogP contribution in [0.5, 0.6) is 5.88 Å². The number of hydrogen-bond donors (Lipinski definition) is 2. The average molecular weight is 428 g/mol. The summed E-state index contributed by atoms with van der Waals surface area (Å²) in [5.74, 6) is -0.662. The molecule has 8 nitrogen and oxygen atoms in total. The number of nitro groups is 1. The van der Waals surface area contributed by atoms with Crippen molar-refractivity contribution in [2.24, 2.45) is 5.73 Å². The van der Waals surface area contributed by atoms with Gasteiger partial charge in [-0.3, -0.25) is 15.2 Å². The highest BCUT2D eigenvalue weighted by atomic mass is 35.5. The van der Waals surface area contributed by atoms with Crippen LogP contribution in [0.3, 0.4) is 0 Å². The standard InChI is InChI=1S/C19H11Cl2N5O3/c20-13-6-2-5-11(16(13)21)14-12(8-22)18(23)29-19-15(14)17(24-25-19)9-3-1-4-10(7-9)26(27)28/h1-7,14H,23H2,(H,24,25). The van der Waals surface area contributed by atoms with Crippen molar-refractivity contribution in [3.05, 3.63) is 85.2 Å². The van der Waals surface area contributed by atoms with Crippen LogP contribution in [-0.2, 0) is 0 Å². The summed E-state index contributed by atoms with van der Waals surface area (Å²) in [6.45, 7) is 0. The lowest BCUT2D eigenvalue weighted by molar-refractivity contribution is -0.384. The number of benzene rings is 2. The number of aromatic amines is 1. The Morgan fingerprint density at radius 1 is 1.28 bits per heavy atom. The molecule has 3 aromatic rings. The van der Waals surface area contributed by atoms with E-state index in [1.165, 1.54) is 12.1 Å². The van der Waals surface area contributed by atoms with Crippen LogP contribution in [0, 0.1) is 21.4 Å². The Bertz CT molecular complexity index is 1230. The molecule has 0 radical (unpaired) electrons. The van der Waals surface area contributed by atoms with Gasteiger partial charge in [0.15, 0.2) is 0 Å². The topological polar surface area (TPSA) is 131 Å². The third kappa shape index (κ3) is 3.06. The Morgan fingerprint density at radius 2 is 2.03 bits per heavy atom. The zero-order valence-electron chi connectivity index (χ0n) is 14.5. The van der Waals surface area contributed by atoms with E-state index in [4.69, 9.17) is 33.7 Å². The maximum Gasteiger partial charge on any atom is 0.270 e. The van der Waals surface area contributed by atoms with E-state index in [0.717, 1.165) is 0 Å². The number of aromatic nitrogens is 2. The molecule has 2 aromatic carbocycles. The number of ether oxygens (including phenoxy) is 1. The zero-order chi connectivity index (χ0) is 20.7. The molecule has 10 heteroatoms. The summed E-state index contributed by atoms with van der Waals surface area (Å²) in [7, 11) is 0. The fourth-order valence-electron chi connectivity index (χ4n) is 3.29. The molecule has 1 unspecified atom stereocenters. The second-order valence-corrected chi connectivity index (χ2v) is 6.98. The van der Waals surface area contributed by atoms with Crippen LogP contribution >= 0.6 is 23.2 Å². The van der Waals surface area contributed by atoms with Gasteiger partial charge in [-0.05, 0) is 11.6 Å². The third-order valence-corrected chi connectivity index (χ3v) is 5.41. The number of allylic oxidation sites excluding steroid dienone is 1. The Morgan fingerprint density at radius 3 is 2.76 bits per heavy atom. The number of rotatable bonds is 3. The fourth-order valence-corrected chi connectivity index (χ4v) is 3.71. The van der Waals surface area contributed by atoms with Gasteiger partial charge in [0, 0.05) is 17.7 Å². The molecule has 4 rings (SSSR count). The molecule has 1 aromatic heterocycles. The highest BCUT2D eigenvalue weighted by molar-refractivity contribution is 6.42. The number of nitro benzene ring substituents is 1. The predicted molar refractivity (Wildman–Crippen MR) is 106 cm³/mol. The summed E-state index contributed by atoms with van der Waals surface area (Å²) in [5.41, 5.74) is 7.97. The molecule has 2 heterocycles. The fraction of sp³-hybridized carbons (Fsp3) is 0.0526. The van der Waals surface area contributed by atoms with Crippen molar-refractivity contribution in [3.63, 3.8) is 0 Å². The first-order valence-electron chi connectivity index (χ1n) is 8.27. The van der Waals surface area contributed by atoms with Crippen molar-refractivity contribution >= 4 is 28.9 Å². The molecule has 0 spiro atoms. The molecule has 1 atom stereocenters. The van der Waals surface area contributed by atoms with E-state index in [9.17, 15) is 15.4 Å². The minimum atomic E-state index is -0.719. The lowest BCUT2D eigenvalue weighted by atomic mass is 9.83. The first kappa shape index (κ1) is 18.8. The van der Waals surface area contributed by atoms with Gasteiger partial charge >= 0.3 is 0 Å². The van der Waals surface area contributed by atoms with E-state index in [1.807, 2.05) is 0 Å². The van der Waals surface area contributed by atoms with Crippen LogP contribution < -0.4 is 10.5 Å². The quantitative estimate of drug-likeness (QED) is 0.466. The monoisotopic (exact) mass is 427 g/mol. The number of H-pyrrole nitrogens is 1. The van der Waals surface area contributed by atoms with Crippen LogP contribution in [0.1, 0.15) is 17.0 Å². The predicted octanol–water partition coefficient (Wildman–Crippen LogP) is 4.51. The Kier molecular flexibility index (Phi) is 4.62. The molecule has 144 valence electrons. The van der Waals surface area contributed by atoms with Crippen molar-refractivity contribution in [2.75, 3.05) is 0 Å². The molecule has 3 N–H and O–H groups in total. The lowest BCUT2D eigenvalue weighted by Crippen LogP contribution is -2.21. The van der Waals surface area contributed by atoms with E-state index >= 15 is 0 Å². The van der Waals surface area contributed by atoms with Crippen molar-refractivity contribution in [1.29, 1.82) is 5.26 Å².